The van der Waals surface area contributed by atoms with Crippen LogP contribution < -0.4 is 5.32 Å². The van der Waals surface area contributed by atoms with Crippen LogP contribution in [0.15, 0.2) is 30.3 Å². The topological polar surface area (TPSA) is 49.4 Å². The van der Waals surface area contributed by atoms with Crippen molar-refractivity contribution in [2.45, 2.75) is 59.2 Å². The fraction of sp³-hybridized carbons (Fsp3) is 0.529. The molecule has 0 aromatic heterocycles. The lowest BCUT2D eigenvalue weighted by molar-refractivity contribution is -0.141. The van der Waals surface area contributed by atoms with Crippen molar-refractivity contribution in [2.75, 3.05) is 0 Å². The third-order valence-electron chi connectivity index (χ3n) is 3.16. The smallest absolute Gasteiger partial charge is 0.242 e. The Morgan fingerprint density at radius 1 is 1.19 bits per heavy atom. The molecular weight excluding hydrogens is 264 g/mol. The van der Waals surface area contributed by atoms with Crippen molar-refractivity contribution in [3.63, 3.8) is 0 Å². The molecule has 0 saturated carbocycles. The summed E-state index contributed by atoms with van der Waals surface area (Å²) < 4.78 is 0. The summed E-state index contributed by atoms with van der Waals surface area (Å²) in [5, 5.41) is 2.93. The van der Waals surface area contributed by atoms with Crippen LogP contribution in [0.1, 0.15) is 46.6 Å². The van der Waals surface area contributed by atoms with E-state index in [-0.39, 0.29) is 17.4 Å². The van der Waals surface area contributed by atoms with Gasteiger partial charge < -0.3 is 10.2 Å². The van der Waals surface area contributed by atoms with Gasteiger partial charge >= 0.3 is 0 Å². The van der Waals surface area contributed by atoms with Gasteiger partial charge in [0.1, 0.15) is 6.04 Å². The Morgan fingerprint density at radius 2 is 1.76 bits per heavy atom. The van der Waals surface area contributed by atoms with E-state index in [1.165, 1.54) is 0 Å². The molecule has 1 rings (SSSR count). The van der Waals surface area contributed by atoms with Crippen LogP contribution in [0.4, 0.5) is 0 Å². The largest absolute Gasteiger partial charge is 0.350 e. The number of amides is 2. The molecule has 1 aromatic carbocycles. The molecule has 0 bridgehead atoms. The molecule has 1 atom stereocenters. The summed E-state index contributed by atoms with van der Waals surface area (Å²) in [6.07, 6.45) is 0.389. The number of rotatable bonds is 5. The summed E-state index contributed by atoms with van der Waals surface area (Å²) >= 11 is 0. The molecule has 0 unspecified atom stereocenters. The van der Waals surface area contributed by atoms with E-state index in [4.69, 9.17) is 0 Å². The number of carbonyl (C=O) groups is 2. The van der Waals surface area contributed by atoms with Crippen LogP contribution in [-0.4, -0.2) is 28.3 Å². The van der Waals surface area contributed by atoms with E-state index in [9.17, 15) is 9.59 Å². The molecule has 0 spiro atoms. The average molecular weight is 290 g/mol. The van der Waals surface area contributed by atoms with E-state index >= 15 is 0 Å². The maximum absolute atomic E-state index is 12.3. The van der Waals surface area contributed by atoms with E-state index in [2.05, 4.69) is 5.32 Å². The lowest BCUT2D eigenvalue weighted by atomic mass is 10.1. The van der Waals surface area contributed by atoms with Crippen molar-refractivity contribution in [2.24, 2.45) is 0 Å². The third-order valence-corrected chi connectivity index (χ3v) is 3.16. The first-order valence-electron chi connectivity index (χ1n) is 7.40. The second-order valence-corrected chi connectivity index (χ2v) is 6.28. The Hall–Kier alpha value is -1.84. The first-order valence-corrected chi connectivity index (χ1v) is 7.40. The van der Waals surface area contributed by atoms with Gasteiger partial charge in [0.05, 0.1) is 0 Å². The van der Waals surface area contributed by atoms with Crippen LogP contribution in [-0.2, 0) is 16.1 Å². The third kappa shape index (κ3) is 5.58. The summed E-state index contributed by atoms with van der Waals surface area (Å²) in [6, 6.07) is 9.24. The molecule has 0 aliphatic rings. The Balaban J connectivity index is 2.87. The van der Waals surface area contributed by atoms with Crippen LogP contribution in [0.2, 0.25) is 0 Å². The number of hydrogen-bond donors (Lipinski definition) is 1. The van der Waals surface area contributed by atoms with Crippen molar-refractivity contribution in [1.29, 1.82) is 0 Å². The molecule has 116 valence electrons. The lowest BCUT2D eigenvalue weighted by Crippen LogP contribution is -2.52. The van der Waals surface area contributed by atoms with Gasteiger partial charge in [-0.15, -0.1) is 0 Å². The van der Waals surface area contributed by atoms with E-state index < -0.39 is 6.04 Å². The second kappa shape index (κ2) is 7.25. The van der Waals surface area contributed by atoms with E-state index in [0.717, 1.165) is 5.56 Å². The summed E-state index contributed by atoms with van der Waals surface area (Å²) in [5.41, 5.74) is 0.716. The van der Waals surface area contributed by atoms with Gasteiger partial charge in [0.25, 0.3) is 0 Å². The Kier molecular flexibility index (Phi) is 5.94. The molecule has 0 radical (unpaired) electrons. The molecule has 0 aliphatic heterocycles. The van der Waals surface area contributed by atoms with E-state index in [0.29, 0.717) is 13.0 Å². The maximum atomic E-state index is 12.3. The van der Waals surface area contributed by atoms with Gasteiger partial charge in [-0.25, -0.2) is 0 Å². The molecule has 0 saturated heterocycles. The zero-order valence-electron chi connectivity index (χ0n) is 13.6. The number of nitrogens with one attached hydrogen (secondary N) is 1. The summed E-state index contributed by atoms with van der Waals surface area (Å²) in [6.45, 7) is 9.83. The molecule has 1 N–H and O–H groups in total. The standard InChI is InChI=1S/C17H26N2O2/c1-6-15(20)19(12-14-10-8-7-9-11-14)13(2)16(21)18-17(3,4)5/h7-11,13H,6,12H2,1-5H3,(H,18,21)/t13-/m0/s1. The molecule has 1 aromatic rings. The zero-order valence-corrected chi connectivity index (χ0v) is 13.6. The summed E-state index contributed by atoms with van der Waals surface area (Å²) in [4.78, 5) is 26.1. The number of carbonyl (C=O) groups excluding carboxylic acids is 2. The van der Waals surface area contributed by atoms with Gasteiger partial charge in [-0.05, 0) is 33.3 Å². The second-order valence-electron chi connectivity index (χ2n) is 6.28. The molecule has 0 aliphatic carbocycles. The van der Waals surface area contributed by atoms with Crippen LogP contribution >= 0.6 is 0 Å². The first-order chi connectivity index (χ1) is 9.74. The van der Waals surface area contributed by atoms with Crippen molar-refractivity contribution >= 4 is 11.8 Å². The van der Waals surface area contributed by atoms with Crippen molar-refractivity contribution < 1.29 is 9.59 Å². The van der Waals surface area contributed by atoms with Crippen molar-refractivity contribution in [1.82, 2.24) is 10.2 Å². The number of benzene rings is 1. The van der Waals surface area contributed by atoms with E-state index in [1.54, 1.807) is 11.8 Å². The Morgan fingerprint density at radius 3 is 2.24 bits per heavy atom. The van der Waals surface area contributed by atoms with Crippen LogP contribution in [0, 0.1) is 0 Å². The number of nitrogens with zero attached hydrogens (tertiary/aromatic N) is 1. The van der Waals surface area contributed by atoms with Gasteiger partial charge in [0.2, 0.25) is 11.8 Å². The highest BCUT2D eigenvalue weighted by molar-refractivity contribution is 5.87. The highest BCUT2D eigenvalue weighted by atomic mass is 16.2. The molecule has 0 heterocycles. The molecule has 0 fully saturated rings. The highest BCUT2D eigenvalue weighted by Crippen LogP contribution is 2.11. The molecule has 4 heteroatoms. The lowest BCUT2D eigenvalue weighted by Gasteiger charge is -2.31. The van der Waals surface area contributed by atoms with E-state index in [1.807, 2.05) is 58.0 Å². The Bertz CT molecular complexity index is 477. The summed E-state index contributed by atoms with van der Waals surface area (Å²) in [5.74, 6) is -0.143. The molecular formula is C17H26N2O2. The number of hydrogen-bond acceptors (Lipinski definition) is 2. The molecule has 4 nitrogen and oxygen atoms in total. The minimum atomic E-state index is -0.489. The minimum absolute atomic E-state index is 0.0181. The van der Waals surface area contributed by atoms with Crippen molar-refractivity contribution in [3.05, 3.63) is 35.9 Å². The predicted molar refractivity (Wildman–Crippen MR) is 84.6 cm³/mol. The van der Waals surface area contributed by atoms with Gasteiger partial charge in [0.15, 0.2) is 0 Å². The fourth-order valence-electron chi connectivity index (χ4n) is 2.04. The zero-order chi connectivity index (χ0) is 16.0. The normalized spacial score (nSPS) is 12.6. The van der Waals surface area contributed by atoms with Gasteiger partial charge in [-0.3, -0.25) is 9.59 Å². The average Bonchev–Trinajstić information content (AvgIpc) is 2.42. The molecule has 2 amide bonds. The first kappa shape index (κ1) is 17.2. The molecule has 21 heavy (non-hydrogen) atoms. The summed E-state index contributed by atoms with van der Waals surface area (Å²) in [7, 11) is 0. The van der Waals surface area contributed by atoms with Crippen LogP contribution in [0.5, 0.6) is 0 Å². The van der Waals surface area contributed by atoms with Crippen molar-refractivity contribution in [3.8, 4) is 0 Å². The Labute approximate surface area is 127 Å². The highest BCUT2D eigenvalue weighted by Gasteiger charge is 2.27. The van der Waals surface area contributed by atoms with Gasteiger partial charge in [-0.1, -0.05) is 37.3 Å². The van der Waals surface area contributed by atoms with Gasteiger partial charge in [-0.2, -0.15) is 0 Å². The predicted octanol–water partition coefficient (Wildman–Crippen LogP) is 2.73. The van der Waals surface area contributed by atoms with Gasteiger partial charge in [0, 0.05) is 18.5 Å². The SMILES string of the molecule is CCC(=O)N(Cc1ccccc1)[C@@H](C)C(=O)NC(C)(C)C. The fourth-order valence-corrected chi connectivity index (χ4v) is 2.04. The quantitative estimate of drug-likeness (QED) is 0.906. The van der Waals surface area contributed by atoms with Crippen LogP contribution in [0.3, 0.4) is 0 Å². The monoisotopic (exact) mass is 290 g/mol. The minimum Gasteiger partial charge on any atom is -0.350 e. The maximum Gasteiger partial charge on any atom is 0.242 e. The van der Waals surface area contributed by atoms with Crippen LogP contribution in [0.25, 0.3) is 0 Å².